The number of hydrogen-bond acceptors (Lipinski definition) is 3. The van der Waals surface area contributed by atoms with Gasteiger partial charge in [0.1, 0.15) is 5.82 Å². The van der Waals surface area contributed by atoms with E-state index in [4.69, 9.17) is 17.1 Å². The van der Waals surface area contributed by atoms with Gasteiger partial charge in [-0.25, -0.2) is 4.39 Å². The normalized spacial score (nSPS) is 20.8. The molecule has 2 aromatic rings. The van der Waals surface area contributed by atoms with Crippen molar-refractivity contribution in [2.45, 2.75) is 37.4 Å². The van der Waals surface area contributed by atoms with Crippen molar-refractivity contribution in [2.75, 3.05) is 19.6 Å². The first-order valence-corrected chi connectivity index (χ1v) is 9.16. The fourth-order valence-corrected chi connectivity index (χ4v) is 3.38. The summed E-state index contributed by atoms with van der Waals surface area (Å²) in [6.07, 6.45) is 1.15. The van der Waals surface area contributed by atoms with Crippen molar-refractivity contribution in [3.63, 3.8) is 0 Å². The molecule has 2 N–H and O–H groups in total. The third kappa shape index (κ3) is 4.83. The van der Waals surface area contributed by atoms with E-state index in [0.29, 0.717) is 31.6 Å². The van der Waals surface area contributed by atoms with Crippen molar-refractivity contribution in [1.29, 1.82) is 0 Å². The van der Waals surface area contributed by atoms with Gasteiger partial charge in [-0.15, -0.1) is 0 Å². The average molecular weight is 382 g/mol. The molecule has 3 nitrogen and oxygen atoms in total. The minimum Gasteiger partial charge on any atom is -0.388 e. The standard InChI is InChI=1S/C21H25ClFNO2/c22-18-7-5-17(6-8-18)21(26)11-14-24(15-12-21)13-1-2-20(25)16-3-9-19(23)10-4-16/h3-10,20,25-26H,1-2,11-15H2/i5D,6D,7D,8D. The molecule has 1 unspecified atom stereocenters. The number of halogens is 2. The Labute approximate surface area is 164 Å². The Kier molecular flexibility index (Phi) is 4.76. The van der Waals surface area contributed by atoms with Gasteiger partial charge in [-0.1, -0.05) is 35.8 Å². The van der Waals surface area contributed by atoms with Gasteiger partial charge in [-0.3, -0.25) is 0 Å². The summed E-state index contributed by atoms with van der Waals surface area (Å²) in [5, 5.41) is 21.1. The molecule has 0 amide bonds. The van der Waals surface area contributed by atoms with Crippen LogP contribution in [0.1, 0.15) is 48.4 Å². The zero-order chi connectivity index (χ0) is 22.1. The summed E-state index contributed by atoms with van der Waals surface area (Å²) in [4.78, 5) is 2.14. The number of piperidine rings is 1. The Morgan fingerprint density at radius 1 is 1.15 bits per heavy atom. The first kappa shape index (κ1) is 14.6. The minimum atomic E-state index is -1.44. The van der Waals surface area contributed by atoms with E-state index in [0.717, 1.165) is 6.42 Å². The first-order chi connectivity index (χ1) is 14.1. The van der Waals surface area contributed by atoms with Gasteiger partial charge >= 0.3 is 0 Å². The van der Waals surface area contributed by atoms with Crippen molar-refractivity contribution < 1.29 is 20.1 Å². The number of benzene rings is 2. The van der Waals surface area contributed by atoms with Gasteiger partial charge in [0.2, 0.25) is 0 Å². The highest BCUT2D eigenvalue weighted by Gasteiger charge is 2.33. The largest absolute Gasteiger partial charge is 0.388 e. The van der Waals surface area contributed by atoms with Crippen LogP contribution in [0.25, 0.3) is 0 Å². The molecule has 0 aliphatic carbocycles. The Hall–Kier alpha value is -1.46. The number of nitrogens with zero attached hydrogens (tertiary/aromatic N) is 1. The summed E-state index contributed by atoms with van der Waals surface area (Å²) in [5.41, 5.74) is -0.752. The highest BCUT2D eigenvalue weighted by atomic mass is 35.5. The highest BCUT2D eigenvalue weighted by Crippen LogP contribution is 2.33. The molecule has 0 saturated carbocycles. The second-order valence-corrected chi connectivity index (χ2v) is 7.15. The molecule has 1 aliphatic rings. The van der Waals surface area contributed by atoms with Gasteiger partial charge in [0.15, 0.2) is 0 Å². The lowest BCUT2D eigenvalue weighted by molar-refractivity contribution is -0.0266. The molecule has 5 heteroatoms. The monoisotopic (exact) mass is 381 g/mol. The minimum absolute atomic E-state index is 0.00767. The Morgan fingerprint density at radius 2 is 1.77 bits per heavy atom. The van der Waals surface area contributed by atoms with Gasteiger partial charge in [-0.05, 0) is 67.6 Å². The molecule has 1 fully saturated rings. The van der Waals surface area contributed by atoms with Crippen LogP contribution in [0.2, 0.25) is 5.02 Å². The van der Waals surface area contributed by atoms with E-state index in [1.165, 1.54) is 12.1 Å². The summed E-state index contributed by atoms with van der Waals surface area (Å²) in [7, 11) is 0. The van der Waals surface area contributed by atoms with E-state index >= 15 is 0 Å². The zero-order valence-electron chi connectivity index (χ0n) is 18.4. The Bertz CT molecular complexity index is 876. The number of likely N-dealkylation sites (tertiary alicyclic amines) is 1. The van der Waals surface area contributed by atoms with Gasteiger partial charge in [-0.2, -0.15) is 0 Å². The summed E-state index contributed by atoms with van der Waals surface area (Å²) in [6, 6.07) is 4.55. The maximum atomic E-state index is 13.0. The molecule has 3 rings (SSSR count). The lowest BCUT2D eigenvalue weighted by Gasteiger charge is -2.38. The van der Waals surface area contributed by atoms with Crippen LogP contribution in [0.4, 0.5) is 4.39 Å². The molecule has 1 saturated heterocycles. The van der Waals surface area contributed by atoms with Gasteiger partial charge in [0.25, 0.3) is 0 Å². The van der Waals surface area contributed by atoms with E-state index in [1.54, 1.807) is 12.1 Å². The van der Waals surface area contributed by atoms with E-state index in [2.05, 4.69) is 4.90 Å². The molecule has 1 heterocycles. The Morgan fingerprint density at radius 3 is 2.38 bits per heavy atom. The van der Waals surface area contributed by atoms with Gasteiger partial charge in [0.05, 0.1) is 17.2 Å². The van der Waals surface area contributed by atoms with Crippen molar-refractivity contribution in [1.82, 2.24) is 4.90 Å². The maximum Gasteiger partial charge on any atom is 0.123 e. The van der Waals surface area contributed by atoms with Crippen LogP contribution in [0.3, 0.4) is 0 Å². The SMILES string of the molecule is [2H]c1c([2H])c(C2(O)CCN(CCCC(O)c3ccc(F)cc3)CC2)c([2H])c([2H])c1Cl. The van der Waals surface area contributed by atoms with Crippen molar-refractivity contribution >= 4 is 11.6 Å². The quantitative estimate of drug-likeness (QED) is 0.785. The Balaban J connectivity index is 1.58. The fourth-order valence-electron chi connectivity index (χ4n) is 3.29. The van der Waals surface area contributed by atoms with E-state index in [9.17, 15) is 14.6 Å². The third-order valence-electron chi connectivity index (χ3n) is 4.95. The lowest BCUT2D eigenvalue weighted by atomic mass is 9.84. The summed E-state index contributed by atoms with van der Waals surface area (Å²) >= 11 is 5.86. The molecule has 0 bridgehead atoms. The highest BCUT2D eigenvalue weighted by molar-refractivity contribution is 6.30. The van der Waals surface area contributed by atoms with E-state index in [1.807, 2.05) is 0 Å². The van der Waals surface area contributed by atoms with Crippen LogP contribution in [-0.2, 0) is 5.60 Å². The predicted molar refractivity (Wildman–Crippen MR) is 102 cm³/mol. The molecule has 26 heavy (non-hydrogen) atoms. The van der Waals surface area contributed by atoms with Gasteiger partial charge in [0, 0.05) is 18.1 Å². The van der Waals surface area contributed by atoms with Crippen molar-refractivity contribution in [2.24, 2.45) is 0 Å². The molecule has 0 radical (unpaired) electrons. The van der Waals surface area contributed by atoms with Crippen LogP contribution < -0.4 is 0 Å². The number of aliphatic hydroxyl groups is 2. The van der Waals surface area contributed by atoms with Crippen LogP contribution in [-0.4, -0.2) is 34.7 Å². The summed E-state index contributed by atoms with van der Waals surface area (Å²) < 4.78 is 45.0. The third-order valence-corrected chi connectivity index (χ3v) is 5.14. The molecular formula is C21H25ClFNO2. The van der Waals surface area contributed by atoms with Crippen LogP contribution in [0, 0.1) is 5.82 Å². The summed E-state index contributed by atoms with van der Waals surface area (Å²) in [5.74, 6) is -0.339. The molecular weight excluding hydrogens is 353 g/mol. The fraction of sp³-hybridized carbons (Fsp3) is 0.429. The van der Waals surface area contributed by atoms with E-state index < -0.39 is 11.7 Å². The molecule has 2 aromatic carbocycles. The van der Waals surface area contributed by atoms with Crippen LogP contribution in [0.15, 0.2) is 48.4 Å². The number of hydrogen-bond donors (Lipinski definition) is 2. The smallest absolute Gasteiger partial charge is 0.123 e. The summed E-state index contributed by atoms with van der Waals surface area (Å²) in [6.45, 7) is 1.78. The number of rotatable bonds is 6. The van der Waals surface area contributed by atoms with Crippen molar-refractivity contribution in [3.8, 4) is 0 Å². The zero-order valence-corrected chi connectivity index (χ0v) is 15.2. The topological polar surface area (TPSA) is 43.7 Å². The second kappa shape index (κ2) is 8.49. The molecule has 1 atom stereocenters. The van der Waals surface area contributed by atoms with Crippen molar-refractivity contribution in [3.05, 3.63) is 70.4 Å². The molecule has 1 aliphatic heterocycles. The predicted octanol–water partition coefficient (Wildman–Crippen LogP) is 4.28. The number of aliphatic hydroxyl groups excluding tert-OH is 1. The maximum absolute atomic E-state index is 13.0. The second-order valence-electron chi connectivity index (χ2n) is 6.77. The average Bonchev–Trinajstić information content (AvgIpc) is 2.73. The van der Waals surface area contributed by atoms with Crippen LogP contribution >= 0.6 is 11.6 Å². The lowest BCUT2D eigenvalue weighted by Crippen LogP contribution is -2.42. The van der Waals surface area contributed by atoms with Crippen LogP contribution in [0.5, 0.6) is 0 Å². The molecule has 140 valence electrons. The first-order valence-electron chi connectivity index (χ1n) is 10.8. The van der Waals surface area contributed by atoms with E-state index in [-0.39, 0.29) is 53.4 Å². The molecule has 0 spiro atoms. The van der Waals surface area contributed by atoms with Gasteiger partial charge < -0.3 is 15.1 Å². The molecule has 0 aromatic heterocycles.